The summed E-state index contributed by atoms with van der Waals surface area (Å²) in [6, 6.07) is 13.5. The van der Waals surface area contributed by atoms with Crippen molar-refractivity contribution in [3.63, 3.8) is 0 Å². The highest BCUT2D eigenvalue weighted by atomic mass is 32.2. The summed E-state index contributed by atoms with van der Waals surface area (Å²) in [6.07, 6.45) is 1.68. The van der Waals surface area contributed by atoms with Gasteiger partial charge in [0.05, 0.1) is 29.4 Å². The Bertz CT molecular complexity index is 692. The van der Waals surface area contributed by atoms with Crippen LogP contribution in [0.15, 0.2) is 47.1 Å². The molecule has 4 nitrogen and oxygen atoms in total. The van der Waals surface area contributed by atoms with Crippen molar-refractivity contribution < 1.29 is 9.21 Å². The van der Waals surface area contributed by atoms with Crippen LogP contribution in [0.25, 0.3) is 0 Å². The summed E-state index contributed by atoms with van der Waals surface area (Å²) < 4.78 is 5.31. The van der Waals surface area contributed by atoms with Crippen molar-refractivity contribution >= 4 is 29.4 Å². The lowest BCUT2D eigenvalue weighted by atomic mass is 10.1. The number of carbonyl (C=O) groups is 1. The first-order chi connectivity index (χ1) is 11.3. The molecule has 118 valence electrons. The molecule has 1 aliphatic heterocycles. The van der Waals surface area contributed by atoms with Gasteiger partial charge in [-0.05, 0) is 29.8 Å². The van der Waals surface area contributed by atoms with Gasteiger partial charge in [-0.1, -0.05) is 12.1 Å². The van der Waals surface area contributed by atoms with Gasteiger partial charge in [0.15, 0.2) is 0 Å². The second-order valence-corrected chi connectivity index (χ2v) is 7.29. The quantitative estimate of drug-likeness (QED) is 0.749. The van der Waals surface area contributed by atoms with E-state index in [2.05, 4.69) is 6.07 Å². The van der Waals surface area contributed by atoms with E-state index >= 15 is 0 Å². The molecule has 3 rings (SSSR count). The SMILES string of the molecule is N#Cc1ccc(C2SCC(=O)N2CCSCc2ccco2)cc1. The maximum atomic E-state index is 12.1. The first-order valence-electron chi connectivity index (χ1n) is 7.29. The van der Waals surface area contributed by atoms with Gasteiger partial charge in [0.25, 0.3) is 0 Å². The van der Waals surface area contributed by atoms with Crippen LogP contribution in [0.2, 0.25) is 0 Å². The van der Waals surface area contributed by atoms with Crippen molar-refractivity contribution in [2.45, 2.75) is 11.1 Å². The lowest BCUT2D eigenvalue weighted by molar-refractivity contribution is -0.127. The molecule has 1 amide bonds. The molecule has 1 fully saturated rings. The van der Waals surface area contributed by atoms with Gasteiger partial charge in [-0.2, -0.15) is 17.0 Å². The van der Waals surface area contributed by atoms with Crippen LogP contribution in [-0.4, -0.2) is 28.9 Å². The molecular weight excluding hydrogens is 328 g/mol. The highest BCUT2D eigenvalue weighted by molar-refractivity contribution is 8.00. The second kappa shape index (κ2) is 7.62. The molecule has 1 atom stereocenters. The summed E-state index contributed by atoms with van der Waals surface area (Å²) in [6.45, 7) is 0.724. The van der Waals surface area contributed by atoms with Crippen LogP contribution in [0.1, 0.15) is 22.3 Å². The monoisotopic (exact) mass is 344 g/mol. The first kappa shape index (κ1) is 16.0. The summed E-state index contributed by atoms with van der Waals surface area (Å²) in [5, 5.41) is 8.93. The van der Waals surface area contributed by atoms with E-state index in [4.69, 9.17) is 9.68 Å². The van der Waals surface area contributed by atoms with Gasteiger partial charge in [-0.15, -0.1) is 11.8 Å². The van der Waals surface area contributed by atoms with E-state index in [0.717, 1.165) is 29.4 Å². The molecule has 0 aliphatic carbocycles. The normalized spacial score (nSPS) is 17.4. The topological polar surface area (TPSA) is 57.2 Å². The molecule has 0 spiro atoms. The van der Waals surface area contributed by atoms with Gasteiger partial charge in [-0.25, -0.2) is 0 Å². The zero-order chi connectivity index (χ0) is 16.1. The summed E-state index contributed by atoms with van der Waals surface area (Å²) >= 11 is 3.41. The van der Waals surface area contributed by atoms with Crippen molar-refractivity contribution in [3.8, 4) is 6.07 Å². The van der Waals surface area contributed by atoms with Crippen LogP contribution in [0.3, 0.4) is 0 Å². The Morgan fingerprint density at radius 2 is 2.17 bits per heavy atom. The summed E-state index contributed by atoms with van der Waals surface area (Å²) in [5.74, 6) is 3.36. The second-order valence-electron chi connectivity index (χ2n) is 5.12. The Balaban J connectivity index is 1.57. The van der Waals surface area contributed by atoms with E-state index in [-0.39, 0.29) is 11.3 Å². The molecule has 0 saturated carbocycles. The molecule has 2 aromatic rings. The molecule has 1 unspecified atom stereocenters. The molecule has 0 radical (unpaired) electrons. The third-order valence-corrected chi connectivity index (χ3v) is 5.81. The number of benzene rings is 1. The van der Waals surface area contributed by atoms with Crippen molar-refractivity contribution in [2.24, 2.45) is 0 Å². The average molecular weight is 344 g/mol. The van der Waals surface area contributed by atoms with E-state index in [1.807, 2.05) is 41.3 Å². The zero-order valence-corrected chi connectivity index (χ0v) is 14.1. The van der Waals surface area contributed by atoms with Gasteiger partial charge >= 0.3 is 0 Å². The predicted octanol–water partition coefficient (Wildman–Crippen LogP) is 3.66. The largest absolute Gasteiger partial charge is 0.468 e. The third kappa shape index (κ3) is 3.92. The number of hydrogen-bond donors (Lipinski definition) is 0. The van der Waals surface area contributed by atoms with E-state index in [1.54, 1.807) is 29.8 Å². The molecular formula is C17H16N2O2S2. The minimum atomic E-state index is 0.0551. The molecule has 0 N–H and O–H groups in total. The maximum Gasteiger partial charge on any atom is 0.233 e. The summed E-state index contributed by atoms with van der Waals surface area (Å²) in [5.41, 5.74) is 1.72. The van der Waals surface area contributed by atoms with E-state index in [9.17, 15) is 4.79 Å². The van der Waals surface area contributed by atoms with E-state index in [0.29, 0.717) is 11.3 Å². The zero-order valence-electron chi connectivity index (χ0n) is 12.5. The van der Waals surface area contributed by atoms with Gasteiger partial charge in [0.2, 0.25) is 5.91 Å². The Kier molecular flexibility index (Phi) is 5.31. The van der Waals surface area contributed by atoms with Crippen LogP contribution < -0.4 is 0 Å². The number of furan rings is 1. The highest BCUT2D eigenvalue weighted by Gasteiger charge is 2.32. The van der Waals surface area contributed by atoms with Crippen molar-refractivity contribution in [1.29, 1.82) is 5.26 Å². The molecule has 0 bridgehead atoms. The van der Waals surface area contributed by atoms with E-state index < -0.39 is 0 Å². The molecule has 1 saturated heterocycles. The van der Waals surface area contributed by atoms with Gasteiger partial charge in [0.1, 0.15) is 11.1 Å². The fraction of sp³-hybridized carbons (Fsp3) is 0.294. The fourth-order valence-corrected chi connectivity index (χ4v) is 4.48. The number of rotatable bonds is 6. The molecule has 1 aromatic heterocycles. The van der Waals surface area contributed by atoms with Crippen LogP contribution in [0.4, 0.5) is 0 Å². The lowest BCUT2D eigenvalue weighted by Gasteiger charge is -2.24. The van der Waals surface area contributed by atoms with Crippen molar-refractivity contribution in [2.75, 3.05) is 18.1 Å². The van der Waals surface area contributed by atoms with Crippen LogP contribution in [0.5, 0.6) is 0 Å². The lowest BCUT2D eigenvalue weighted by Crippen LogP contribution is -2.30. The number of amides is 1. The number of carbonyl (C=O) groups excluding carboxylic acids is 1. The van der Waals surface area contributed by atoms with Gasteiger partial charge < -0.3 is 9.32 Å². The highest BCUT2D eigenvalue weighted by Crippen LogP contribution is 2.38. The first-order valence-corrected chi connectivity index (χ1v) is 9.49. The Hall–Kier alpha value is -1.84. The van der Waals surface area contributed by atoms with Crippen molar-refractivity contribution in [1.82, 2.24) is 4.90 Å². The minimum absolute atomic E-state index is 0.0551. The summed E-state index contributed by atoms with van der Waals surface area (Å²) in [7, 11) is 0. The third-order valence-electron chi connectivity index (χ3n) is 3.59. The van der Waals surface area contributed by atoms with Crippen molar-refractivity contribution in [3.05, 3.63) is 59.5 Å². The molecule has 6 heteroatoms. The Morgan fingerprint density at radius 3 is 2.87 bits per heavy atom. The smallest absolute Gasteiger partial charge is 0.233 e. The maximum absolute atomic E-state index is 12.1. The fourth-order valence-electron chi connectivity index (χ4n) is 2.42. The average Bonchev–Trinajstić information content (AvgIpc) is 3.22. The number of nitriles is 1. The Morgan fingerprint density at radius 1 is 1.35 bits per heavy atom. The number of hydrogen-bond acceptors (Lipinski definition) is 5. The number of nitrogens with zero attached hydrogens (tertiary/aromatic N) is 2. The van der Waals surface area contributed by atoms with Gasteiger partial charge in [0, 0.05) is 12.3 Å². The standard InChI is InChI=1S/C17H16N2O2S2/c18-10-13-3-5-14(6-4-13)17-19(16(20)12-23-17)7-9-22-11-15-2-1-8-21-15/h1-6,8,17H,7,9,11-12H2. The van der Waals surface area contributed by atoms with Crippen LogP contribution in [0, 0.1) is 11.3 Å². The van der Waals surface area contributed by atoms with Crippen LogP contribution in [-0.2, 0) is 10.5 Å². The minimum Gasteiger partial charge on any atom is -0.468 e. The summed E-state index contributed by atoms with van der Waals surface area (Å²) in [4.78, 5) is 14.1. The molecule has 2 heterocycles. The van der Waals surface area contributed by atoms with E-state index in [1.165, 1.54) is 0 Å². The predicted molar refractivity (Wildman–Crippen MR) is 92.9 cm³/mol. The van der Waals surface area contributed by atoms with Gasteiger partial charge in [-0.3, -0.25) is 4.79 Å². The molecule has 1 aromatic carbocycles. The Labute approximate surface area is 143 Å². The molecule has 23 heavy (non-hydrogen) atoms. The molecule has 1 aliphatic rings. The number of thioether (sulfide) groups is 2. The van der Waals surface area contributed by atoms with Crippen LogP contribution >= 0.6 is 23.5 Å².